The van der Waals surface area contributed by atoms with Gasteiger partial charge in [0.15, 0.2) is 11.5 Å². The van der Waals surface area contributed by atoms with Crippen LogP contribution in [-0.4, -0.2) is 33.6 Å². The van der Waals surface area contributed by atoms with Crippen molar-refractivity contribution in [1.29, 1.82) is 5.41 Å². The van der Waals surface area contributed by atoms with E-state index in [1.807, 2.05) is 82.9 Å². The van der Waals surface area contributed by atoms with Crippen LogP contribution in [0.3, 0.4) is 0 Å². The van der Waals surface area contributed by atoms with Crippen LogP contribution in [0.15, 0.2) is 85.2 Å². The van der Waals surface area contributed by atoms with Crippen LogP contribution < -0.4 is 19.7 Å². The lowest BCUT2D eigenvalue weighted by atomic mass is 9.84. The number of aryl methyl sites for hydroxylation is 3. The molecular formula is C31H29N5O3. The third-order valence-electron chi connectivity index (χ3n) is 7.14. The molecule has 0 aliphatic carbocycles. The van der Waals surface area contributed by atoms with Crippen molar-refractivity contribution in [3.8, 4) is 28.9 Å². The van der Waals surface area contributed by atoms with Crippen LogP contribution >= 0.6 is 0 Å². The van der Waals surface area contributed by atoms with E-state index in [1.54, 1.807) is 20.5 Å². The van der Waals surface area contributed by atoms with Crippen molar-refractivity contribution in [1.82, 2.24) is 19.3 Å². The molecule has 0 saturated heterocycles. The van der Waals surface area contributed by atoms with Crippen LogP contribution in [0.4, 0.5) is 0 Å². The number of nitrogens with one attached hydrogen (secondary N) is 1. The number of benzene rings is 3. The smallest absolute Gasteiger partial charge is 0.230 e. The van der Waals surface area contributed by atoms with E-state index in [2.05, 4.69) is 12.1 Å². The molecule has 39 heavy (non-hydrogen) atoms. The quantitative estimate of drug-likeness (QED) is 0.305. The van der Waals surface area contributed by atoms with Gasteiger partial charge in [0.25, 0.3) is 0 Å². The third kappa shape index (κ3) is 4.33. The lowest BCUT2D eigenvalue weighted by Gasteiger charge is -2.27. The molecule has 8 heteroatoms. The highest BCUT2D eigenvalue weighted by atomic mass is 16.5. The van der Waals surface area contributed by atoms with E-state index in [4.69, 9.17) is 24.3 Å². The largest absolute Gasteiger partial charge is 0.493 e. The molecule has 1 atom stereocenters. The summed E-state index contributed by atoms with van der Waals surface area (Å²) in [6, 6.07) is 26.0. The minimum absolute atomic E-state index is 0.240. The fourth-order valence-corrected chi connectivity index (χ4v) is 5.21. The number of hydrogen-bond acceptors (Lipinski definition) is 6. The number of rotatable bonds is 7. The molecule has 1 aliphatic rings. The maximum atomic E-state index is 9.27. The molecule has 0 amide bonds. The lowest BCUT2D eigenvalue weighted by molar-refractivity contribution is 0.354. The lowest BCUT2D eigenvalue weighted by Crippen LogP contribution is -2.30. The second-order valence-corrected chi connectivity index (χ2v) is 9.44. The van der Waals surface area contributed by atoms with E-state index in [0.717, 1.165) is 33.6 Å². The molecule has 3 aromatic carbocycles. The van der Waals surface area contributed by atoms with Gasteiger partial charge in [0.05, 0.1) is 42.6 Å². The van der Waals surface area contributed by atoms with Crippen LogP contribution in [0.5, 0.6) is 23.3 Å². The monoisotopic (exact) mass is 519 g/mol. The number of ether oxygens (including phenoxy) is 3. The van der Waals surface area contributed by atoms with Crippen molar-refractivity contribution < 1.29 is 14.2 Å². The summed E-state index contributed by atoms with van der Waals surface area (Å²) in [5, 5.41) is 14.1. The highest BCUT2D eigenvalue weighted by Gasteiger charge is 2.37. The second-order valence-electron chi connectivity index (χ2n) is 9.44. The van der Waals surface area contributed by atoms with Gasteiger partial charge in [0, 0.05) is 6.54 Å². The van der Waals surface area contributed by atoms with Crippen molar-refractivity contribution in [3.63, 3.8) is 0 Å². The molecule has 196 valence electrons. The molecule has 3 heterocycles. The average Bonchev–Trinajstić information content (AvgIpc) is 3.32. The van der Waals surface area contributed by atoms with Crippen molar-refractivity contribution >= 4 is 0 Å². The Labute approximate surface area is 226 Å². The Morgan fingerprint density at radius 3 is 2.33 bits per heavy atom. The number of fused-ring (bicyclic) bond motifs is 2. The fraction of sp³-hybridized carbons (Fsp3) is 0.194. The third-order valence-corrected chi connectivity index (χ3v) is 7.14. The molecule has 0 spiro atoms. The maximum absolute atomic E-state index is 9.27. The molecule has 1 N–H and O–H groups in total. The van der Waals surface area contributed by atoms with E-state index >= 15 is 0 Å². The molecule has 5 aromatic rings. The first kappa shape index (κ1) is 24.5. The number of nitrogens with zero attached hydrogens (tertiary/aromatic N) is 4. The highest BCUT2D eigenvalue weighted by molar-refractivity contribution is 5.57. The van der Waals surface area contributed by atoms with Gasteiger partial charge in [-0.1, -0.05) is 54.6 Å². The average molecular weight is 520 g/mol. The van der Waals surface area contributed by atoms with Gasteiger partial charge in [-0.3, -0.25) is 5.41 Å². The molecule has 1 unspecified atom stereocenters. The zero-order valence-electron chi connectivity index (χ0n) is 22.1. The summed E-state index contributed by atoms with van der Waals surface area (Å²) in [4.78, 5) is 4.71. The zero-order valence-corrected chi connectivity index (χ0v) is 22.1. The molecular weight excluding hydrogens is 490 g/mol. The van der Waals surface area contributed by atoms with Crippen LogP contribution in [0.2, 0.25) is 0 Å². The normalized spacial score (nSPS) is 13.8. The second kappa shape index (κ2) is 10.1. The first-order chi connectivity index (χ1) is 19.1. The number of hydrogen-bond donors (Lipinski definition) is 1. The Morgan fingerprint density at radius 1 is 0.897 bits per heavy atom. The van der Waals surface area contributed by atoms with Gasteiger partial charge in [-0.25, -0.2) is 9.67 Å². The van der Waals surface area contributed by atoms with Gasteiger partial charge in [-0.2, -0.15) is 5.10 Å². The Hall–Kier alpha value is -4.85. The van der Waals surface area contributed by atoms with Crippen molar-refractivity contribution in [3.05, 3.63) is 119 Å². The molecule has 0 fully saturated rings. The van der Waals surface area contributed by atoms with Crippen LogP contribution in [0.1, 0.15) is 33.9 Å². The summed E-state index contributed by atoms with van der Waals surface area (Å²) < 4.78 is 20.9. The van der Waals surface area contributed by atoms with Gasteiger partial charge in [-0.05, 0) is 48.7 Å². The molecule has 1 aliphatic heterocycles. The highest BCUT2D eigenvalue weighted by Crippen LogP contribution is 2.47. The Morgan fingerprint density at radius 2 is 1.62 bits per heavy atom. The van der Waals surface area contributed by atoms with Crippen molar-refractivity contribution in [2.75, 3.05) is 14.2 Å². The first-order valence-corrected chi connectivity index (χ1v) is 12.8. The molecule has 6 rings (SSSR count). The summed E-state index contributed by atoms with van der Waals surface area (Å²) in [5.74, 6) is 2.20. The SMILES string of the molecule is COc1ccc(CCn2cnc3c(c2=N)C(c2ccccc2)c2c(C)nn(-c4ccccc4)c2O3)cc1OC. The van der Waals surface area contributed by atoms with Crippen LogP contribution in [0, 0.1) is 12.3 Å². The topological polar surface area (TPSA) is 87.2 Å². The van der Waals surface area contributed by atoms with E-state index in [1.165, 1.54) is 0 Å². The zero-order chi connectivity index (χ0) is 26.9. The van der Waals surface area contributed by atoms with Crippen LogP contribution in [0.25, 0.3) is 5.69 Å². The molecule has 8 nitrogen and oxygen atoms in total. The van der Waals surface area contributed by atoms with E-state index in [0.29, 0.717) is 41.7 Å². The summed E-state index contributed by atoms with van der Waals surface area (Å²) in [7, 11) is 3.26. The molecule has 0 saturated carbocycles. The summed E-state index contributed by atoms with van der Waals surface area (Å²) in [5.41, 5.74) is 5.96. The Bertz CT molecular complexity index is 1690. The van der Waals surface area contributed by atoms with E-state index < -0.39 is 0 Å². The van der Waals surface area contributed by atoms with Crippen molar-refractivity contribution in [2.45, 2.75) is 25.8 Å². The predicted octanol–water partition coefficient (Wildman–Crippen LogP) is 5.40. The van der Waals surface area contributed by atoms with Gasteiger partial charge < -0.3 is 18.8 Å². The number of aromatic nitrogens is 4. The van der Waals surface area contributed by atoms with Crippen molar-refractivity contribution in [2.24, 2.45) is 0 Å². The summed E-state index contributed by atoms with van der Waals surface area (Å²) in [6.07, 6.45) is 2.38. The fourth-order valence-electron chi connectivity index (χ4n) is 5.21. The van der Waals surface area contributed by atoms with Crippen LogP contribution in [-0.2, 0) is 13.0 Å². The summed E-state index contributed by atoms with van der Waals surface area (Å²) >= 11 is 0. The minimum Gasteiger partial charge on any atom is -0.493 e. The Balaban J connectivity index is 1.43. The first-order valence-electron chi connectivity index (χ1n) is 12.8. The van der Waals surface area contributed by atoms with E-state index in [9.17, 15) is 5.41 Å². The van der Waals surface area contributed by atoms with E-state index in [-0.39, 0.29) is 5.92 Å². The Kier molecular flexibility index (Phi) is 6.36. The number of methoxy groups -OCH3 is 2. The minimum atomic E-state index is -0.240. The van der Waals surface area contributed by atoms with Gasteiger partial charge in [-0.15, -0.1) is 0 Å². The maximum Gasteiger partial charge on any atom is 0.230 e. The summed E-state index contributed by atoms with van der Waals surface area (Å²) in [6.45, 7) is 2.57. The molecule has 0 bridgehead atoms. The van der Waals surface area contributed by atoms with Gasteiger partial charge in [0.2, 0.25) is 11.8 Å². The predicted molar refractivity (Wildman–Crippen MR) is 147 cm³/mol. The van der Waals surface area contributed by atoms with Gasteiger partial charge in [0.1, 0.15) is 11.8 Å². The molecule has 0 radical (unpaired) electrons. The van der Waals surface area contributed by atoms with Gasteiger partial charge >= 0.3 is 0 Å². The molecule has 2 aromatic heterocycles. The number of para-hydroxylation sites is 1. The standard InChI is InChI=1S/C31H29N5O3/c1-20-26-27(22-10-6-4-7-11-22)28-29(32)35(17-16-21-14-15-24(37-2)25(18-21)38-3)19-33-30(28)39-31(26)36(34-20)23-12-8-5-9-13-23/h4-15,18-19,27,32H,16-17H2,1-3H3.